The first-order valence-electron chi connectivity index (χ1n) is 13.2. The van der Waals surface area contributed by atoms with Crippen LogP contribution in [0.5, 0.6) is 5.75 Å². The highest BCUT2D eigenvalue weighted by atomic mass is 35.5. The smallest absolute Gasteiger partial charge is 0.259 e. The van der Waals surface area contributed by atoms with Crippen molar-refractivity contribution in [1.82, 2.24) is 0 Å². The lowest BCUT2D eigenvalue weighted by Crippen LogP contribution is -2.31. The maximum absolute atomic E-state index is 13.4. The van der Waals surface area contributed by atoms with Gasteiger partial charge < -0.3 is 10.4 Å². The molecule has 206 valence electrons. The quantitative estimate of drug-likeness (QED) is 0.192. The van der Waals surface area contributed by atoms with Crippen LogP contribution >= 0.6 is 11.6 Å². The summed E-state index contributed by atoms with van der Waals surface area (Å²) in [4.78, 5) is 13.9. The lowest BCUT2D eigenvalue weighted by atomic mass is 9.65. The molecule has 2 N–H and O–H groups in total. The van der Waals surface area contributed by atoms with Crippen LogP contribution < -0.4 is 5.32 Å². The number of carbonyl (C=O) groups excluding carboxylic acids is 1. The van der Waals surface area contributed by atoms with Crippen molar-refractivity contribution in [2.45, 2.75) is 24.2 Å². The standard InChI is InChI=1S/C35H30ClNO3S/c1-23-21-31(38)32(24(2)33(23)41(3)40)34(39)37-30-20-19-28(22-29(30)36)35(25-13-7-4-8-14-25,26-15-9-5-10-16-26)27-17-11-6-12-18-27/h4-22,38H,1-3H3,(H,37,39). The number of aryl methyl sites for hydroxylation is 1. The molecule has 0 aliphatic heterocycles. The molecular weight excluding hydrogens is 550 g/mol. The number of anilines is 1. The van der Waals surface area contributed by atoms with Crippen molar-refractivity contribution >= 4 is 34.0 Å². The topological polar surface area (TPSA) is 66.4 Å². The van der Waals surface area contributed by atoms with E-state index in [0.717, 1.165) is 22.3 Å². The Labute approximate surface area is 248 Å². The zero-order valence-electron chi connectivity index (χ0n) is 23.0. The van der Waals surface area contributed by atoms with Gasteiger partial charge in [0, 0.05) is 11.2 Å². The minimum absolute atomic E-state index is 0.0770. The van der Waals surface area contributed by atoms with Gasteiger partial charge in [-0.25, -0.2) is 0 Å². The number of phenolic OH excluding ortho intramolecular Hbond substituents is 1. The lowest BCUT2D eigenvalue weighted by Gasteiger charge is -2.37. The lowest BCUT2D eigenvalue weighted by molar-refractivity contribution is 0.102. The third-order valence-electron chi connectivity index (χ3n) is 7.47. The van der Waals surface area contributed by atoms with E-state index in [1.54, 1.807) is 26.2 Å². The van der Waals surface area contributed by atoms with Crippen LogP contribution in [0.25, 0.3) is 0 Å². The van der Waals surface area contributed by atoms with Crippen molar-refractivity contribution < 1.29 is 14.1 Å². The van der Waals surface area contributed by atoms with Gasteiger partial charge in [-0.05, 0) is 65.4 Å². The SMILES string of the molecule is Cc1cc(O)c(C(=O)Nc2ccc(C(c3ccccc3)(c3ccccc3)c3ccccc3)cc2Cl)c(C)c1S(C)=O. The largest absolute Gasteiger partial charge is 0.507 e. The molecule has 0 radical (unpaired) electrons. The number of phenols is 1. The molecule has 5 rings (SSSR count). The summed E-state index contributed by atoms with van der Waals surface area (Å²) >= 11 is 6.89. The third kappa shape index (κ3) is 5.19. The minimum Gasteiger partial charge on any atom is -0.507 e. The summed E-state index contributed by atoms with van der Waals surface area (Å²) in [5.41, 5.74) is 5.10. The molecule has 0 saturated carbocycles. The van der Waals surface area contributed by atoms with Crippen molar-refractivity contribution in [2.24, 2.45) is 0 Å². The molecule has 4 nitrogen and oxygen atoms in total. The summed E-state index contributed by atoms with van der Waals surface area (Å²) in [6.07, 6.45) is 1.56. The molecule has 0 bridgehead atoms. The van der Waals surface area contributed by atoms with Gasteiger partial charge in [0.25, 0.3) is 5.91 Å². The second kappa shape index (κ2) is 11.7. The fourth-order valence-electron chi connectivity index (χ4n) is 5.77. The Kier molecular flexibility index (Phi) is 8.11. The van der Waals surface area contributed by atoms with Gasteiger partial charge >= 0.3 is 0 Å². The van der Waals surface area contributed by atoms with Gasteiger partial charge in [-0.15, -0.1) is 0 Å². The molecule has 6 heteroatoms. The highest BCUT2D eigenvalue weighted by molar-refractivity contribution is 7.84. The van der Waals surface area contributed by atoms with Gasteiger partial charge in [0.15, 0.2) is 0 Å². The van der Waals surface area contributed by atoms with E-state index in [-0.39, 0.29) is 11.3 Å². The van der Waals surface area contributed by atoms with E-state index >= 15 is 0 Å². The van der Waals surface area contributed by atoms with Crippen LogP contribution in [0.3, 0.4) is 0 Å². The number of aromatic hydroxyl groups is 1. The number of carbonyl (C=O) groups is 1. The first-order valence-corrected chi connectivity index (χ1v) is 15.1. The van der Waals surface area contributed by atoms with Gasteiger partial charge in [-0.3, -0.25) is 9.00 Å². The van der Waals surface area contributed by atoms with Crippen LogP contribution in [0.2, 0.25) is 5.02 Å². The van der Waals surface area contributed by atoms with Crippen LogP contribution in [0.4, 0.5) is 5.69 Å². The fourth-order valence-corrected chi connectivity index (χ4v) is 7.05. The summed E-state index contributed by atoms with van der Waals surface area (Å²) in [5, 5.41) is 13.8. The van der Waals surface area contributed by atoms with Crippen molar-refractivity contribution in [2.75, 3.05) is 11.6 Å². The number of halogens is 1. The van der Waals surface area contributed by atoms with Gasteiger partial charge in [0.1, 0.15) is 5.75 Å². The molecule has 5 aromatic carbocycles. The first kappa shape index (κ1) is 28.3. The summed E-state index contributed by atoms with van der Waals surface area (Å²) in [6, 6.07) is 38.0. The molecule has 0 saturated heterocycles. The Bertz CT molecular complexity index is 1640. The average molecular weight is 580 g/mol. The summed E-state index contributed by atoms with van der Waals surface area (Å²) in [7, 11) is -1.32. The van der Waals surface area contributed by atoms with E-state index in [4.69, 9.17) is 11.6 Å². The second-order valence-corrected chi connectivity index (χ2v) is 11.7. The number of benzene rings is 5. The normalized spacial score (nSPS) is 12.1. The van der Waals surface area contributed by atoms with Gasteiger partial charge in [-0.2, -0.15) is 0 Å². The predicted molar refractivity (Wildman–Crippen MR) is 168 cm³/mol. The molecule has 0 fully saturated rings. The van der Waals surface area contributed by atoms with Crippen LogP contribution in [0.15, 0.2) is 120 Å². The molecule has 0 spiro atoms. The Morgan fingerprint density at radius 1 is 0.756 bits per heavy atom. The minimum atomic E-state index is -1.32. The zero-order chi connectivity index (χ0) is 29.1. The molecule has 1 atom stereocenters. The predicted octanol–water partition coefficient (Wildman–Crippen LogP) is 8.03. The molecule has 5 aromatic rings. The number of hydrogen-bond donors (Lipinski definition) is 2. The number of rotatable bonds is 7. The highest BCUT2D eigenvalue weighted by Crippen LogP contribution is 2.46. The van der Waals surface area contributed by atoms with Gasteiger partial charge in [0.2, 0.25) is 0 Å². The molecule has 1 amide bonds. The molecule has 0 aliphatic carbocycles. The Morgan fingerprint density at radius 3 is 1.68 bits per heavy atom. The number of hydrogen-bond acceptors (Lipinski definition) is 3. The fraction of sp³-hybridized carbons (Fsp3) is 0.114. The van der Waals surface area contributed by atoms with Crippen molar-refractivity contribution in [1.29, 1.82) is 0 Å². The van der Waals surface area contributed by atoms with Crippen LogP contribution in [0.1, 0.15) is 43.7 Å². The molecule has 1 unspecified atom stereocenters. The Balaban J connectivity index is 1.64. The summed E-state index contributed by atoms with van der Waals surface area (Å²) in [5.74, 6) is -0.697. The van der Waals surface area contributed by atoms with E-state index in [0.29, 0.717) is 26.7 Å². The van der Waals surface area contributed by atoms with E-state index < -0.39 is 22.1 Å². The Morgan fingerprint density at radius 2 is 1.24 bits per heavy atom. The van der Waals surface area contributed by atoms with E-state index in [2.05, 4.69) is 41.7 Å². The number of amides is 1. The van der Waals surface area contributed by atoms with Crippen molar-refractivity contribution in [3.63, 3.8) is 0 Å². The molecule has 0 heterocycles. The van der Waals surface area contributed by atoms with E-state index in [9.17, 15) is 14.1 Å². The maximum Gasteiger partial charge on any atom is 0.259 e. The first-order chi connectivity index (χ1) is 19.7. The van der Waals surface area contributed by atoms with Crippen LogP contribution in [0, 0.1) is 13.8 Å². The van der Waals surface area contributed by atoms with Crippen molar-refractivity contribution in [3.8, 4) is 5.75 Å². The van der Waals surface area contributed by atoms with Crippen LogP contribution in [-0.2, 0) is 16.2 Å². The Hall–Kier alpha value is -4.19. The van der Waals surface area contributed by atoms with Gasteiger partial charge in [-0.1, -0.05) is 109 Å². The molecular formula is C35H30ClNO3S. The third-order valence-corrected chi connectivity index (χ3v) is 8.98. The molecule has 41 heavy (non-hydrogen) atoms. The number of nitrogens with one attached hydrogen (secondary N) is 1. The highest BCUT2D eigenvalue weighted by Gasteiger charge is 2.38. The molecule has 0 aliphatic rings. The maximum atomic E-state index is 13.4. The summed E-state index contributed by atoms with van der Waals surface area (Å²) in [6.45, 7) is 3.45. The molecule has 0 aromatic heterocycles. The van der Waals surface area contributed by atoms with Gasteiger partial charge in [0.05, 0.1) is 32.5 Å². The average Bonchev–Trinajstić information content (AvgIpc) is 2.96. The van der Waals surface area contributed by atoms with Crippen molar-refractivity contribution in [3.05, 3.63) is 159 Å². The monoisotopic (exact) mass is 579 g/mol. The van der Waals surface area contributed by atoms with Crippen LogP contribution in [-0.4, -0.2) is 21.5 Å². The van der Waals surface area contributed by atoms with E-state index in [1.165, 1.54) is 6.07 Å². The van der Waals surface area contributed by atoms with E-state index in [1.807, 2.05) is 66.7 Å². The second-order valence-electron chi connectivity index (χ2n) is 9.99. The zero-order valence-corrected chi connectivity index (χ0v) is 24.6. The summed E-state index contributed by atoms with van der Waals surface area (Å²) < 4.78 is 12.3.